The van der Waals surface area contributed by atoms with Crippen molar-refractivity contribution in [2.24, 2.45) is 0 Å². The van der Waals surface area contributed by atoms with Gasteiger partial charge in [-0.1, -0.05) is 265 Å². The van der Waals surface area contributed by atoms with E-state index in [0.29, 0.717) is 19.3 Å². The van der Waals surface area contributed by atoms with Crippen molar-refractivity contribution in [3.8, 4) is 0 Å². The number of carboxylic acids is 1. The fourth-order valence-electron chi connectivity index (χ4n) is 7.45. The zero-order chi connectivity index (χ0) is 40.6. The number of rotatable bonds is 44. The van der Waals surface area contributed by atoms with Crippen molar-refractivity contribution in [2.75, 3.05) is 0 Å². The van der Waals surface area contributed by atoms with Crippen LogP contribution in [0.4, 0.5) is 0 Å². The number of ether oxygens (including phenoxy) is 1. The van der Waals surface area contributed by atoms with Crippen molar-refractivity contribution in [1.82, 2.24) is 0 Å². The van der Waals surface area contributed by atoms with Crippen LogP contribution in [-0.2, 0) is 38.6 Å². The minimum Gasteiger partial charge on any atom is -0.481 e. The molecule has 0 aliphatic rings. The number of carboxylic acid groups (broad SMARTS) is 1. The second-order valence-corrected chi connectivity index (χ2v) is 16.9. The van der Waals surface area contributed by atoms with E-state index >= 15 is 0 Å². The van der Waals surface area contributed by atoms with Gasteiger partial charge < -0.3 is 9.84 Å². The number of esters is 2. The Morgan fingerprint density at radius 1 is 0.286 bits per heavy atom. The molecule has 0 bridgehead atoms. The van der Waals surface area contributed by atoms with Crippen LogP contribution in [0.1, 0.15) is 303 Å². The Labute approximate surface area is 363 Å². The van der Waals surface area contributed by atoms with Crippen LogP contribution in [0, 0.1) is 0 Å². The summed E-state index contributed by atoms with van der Waals surface area (Å²) in [6, 6.07) is 0. The van der Waals surface area contributed by atoms with Crippen LogP contribution in [0.5, 0.6) is 0 Å². The Kier molecular flexibility index (Phi) is 57.7. The maximum absolute atomic E-state index is 11.9. The van der Waals surface area contributed by atoms with Crippen molar-refractivity contribution in [3.05, 3.63) is 0 Å². The fourth-order valence-corrected chi connectivity index (χ4v) is 7.45. The first-order chi connectivity index (χ1) is 27.0. The minimum atomic E-state index is -0.657. The molecule has 0 spiro atoms. The van der Waals surface area contributed by atoms with Gasteiger partial charge in [-0.25, -0.2) is 0 Å². The van der Waals surface area contributed by atoms with Crippen molar-refractivity contribution < 1.29 is 43.7 Å². The normalized spacial score (nSPS) is 10.8. The van der Waals surface area contributed by atoms with E-state index in [1.54, 1.807) is 0 Å². The molecule has 0 atom stereocenters. The van der Waals surface area contributed by atoms with Crippen LogP contribution in [-0.4, -0.2) is 23.0 Å². The third-order valence-electron chi connectivity index (χ3n) is 11.2. The maximum Gasteiger partial charge on any atom is 0.313 e. The molecular weight excluding hydrogens is 746 g/mol. The van der Waals surface area contributed by atoms with Crippen LogP contribution in [0.2, 0.25) is 0 Å². The monoisotopic (exact) mass is 843 g/mol. The van der Waals surface area contributed by atoms with Gasteiger partial charge in [0.2, 0.25) is 0 Å². The summed E-state index contributed by atoms with van der Waals surface area (Å²) in [7, 11) is 0. The summed E-state index contributed by atoms with van der Waals surface area (Å²) in [4.78, 5) is 34.1. The van der Waals surface area contributed by atoms with E-state index in [2.05, 4.69) is 20.8 Å². The van der Waals surface area contributed by atoms with Crippen molar-refractivity contribution in [2.45, 2.75) is 303 Å². The smallest absolute Gasteiger partial charge is 0.313 e. The second-order valence-electron chi connectivity index (χ2n) is 16.9. The summed E-state index contributed by atoms with van der Waals surface area (Å²) in [5.41, 5.74) is 0. The van der Waals surface area contributed by atoms with Gasteiger partial charge in [0.25, 0.3) is 0 Å². The Bertz CT molecular complexity index is 729. The summed E-state index contributed by atoms with van der Waals surface area (Å²) >= 11 is 0. The molecule has 0 fully saturated rings. The van der Waals surface area contributed by atoms with Crippen LogP contribution in [0.3, 0.4) is 0 Å². The Balaban J connectivity index is -0.00000138. The van der Waals surface area contributed by atoms with Crippen molar-refractivity contribution >= 4 is 17.9 Å². The third kappa shape index (κ3) is 57.6. The van der Waals surface area contributed by atoms with Crippen LogP contribution < -0.4 is 0 Å². The van der Waals surface area contributed by atoms with Crippen LogP contribution in [0.15, 0.2) is 0 Å². The molecule has 0 aromatic carbocycles. The molecule has 0 aliphatic carbocycles. The molecular formula is C50H98O5Zn. The molecule has 330 valence electrons. The third-order valence-corrected chi connectivity index (χ3v) is 11.2. The van der Waals surface area contributed by atoms with E-state index in [4.69, 9.17) is 9.84 Å². The van der Waals surface area contributed by atoms with Gasteiger partial charge in [0.1, 0.15) is 0 Å². The summed E-state index contributed by atoms with van der Waals surface area (Å²) in [6.07, 6.45) is 54.5. The molecule has 0 heterocycles. The van der Waals surface area contributed by atoms with E-state index in [1.165, 1.54) is 225 Å². The Hall–Kier alpha value is -0.767. The molecule has 0 radical (unpaired) electrons. The van der Waals surface area contributed by atoms with E-state index in [9.17, 15) is 14.4 Å². The molecule has 0 aliphatic heterocycles. The van der Waals surface area contributed by atoms with E-state index in [0.717, 1.165) is 38.5 Å². The quantitative estimate of drug-likeness (QED) is 0.0286. The molecule has 0 amide bonds. The van der Waals surface area contributed by atoms with Gasteiger partial charge >= 0.3 is 17.9 Å². The standard InChI is InChI=1S/C36H70O3.C14H28O2.Zn/c1-3-5-7-9-11-13-15-17-19-21-23-25-27-29-31-33-35(37)39-36(38)34-32-30-28-26-24-22-20-18-16-14-12-10-8-6-4-2;1-2-3-4-5-6-7-8-9-10-11-12-13-14(15)16;/h3-34H2,1-2H3;2-13H2,1H3,(H,15,16);. The average Bonchev–Trinajstić information content (AvgIpc) is 3.17. The van der Waals surface area contributed by atoms with Gasteiger partial charge in [-0.3, -0.25) is 14.4 Å². The summed E-state index contributed by atoms with van der Waals surface area (Å²) < 4.78 is 5.01. The molecule has 6 heteroatoms. The van der Waals surface area contributed by atoms with Crippen LogP contribution in [0.25, 0.3) is 0 Å². The largest absolute Gasteiger partial charge is 0.481 e. The zero-order valence-electron chi connectivity index (χ0n) is 38.4. The second kappa shape index (κ2) is 54.2. The van der Waals surface area contributed by atoms with E-state index in [-0.39, 0.29) is 31.4 Å². The number of hydrogen-bond donors (Lipinski definition) is 1. The number of unbranched alkanes of at least 4 members (excludes halogenated alkanes) is 38. The van der Waals surface area contributed by atoms with Crippen LogP contribution >= 0.6 is 0 Å². The molecule has 0 rings (SSSR count). The molecule has 0 aromatic heterocycles. The summed E-state index contributed by atoms with van der Waals surface area (Å²) in [5, 5.41) is 8.46. The zero-order valence-corrected chi connectivity index (χ0v) is 41.4. The number of hydrogen-bond acceptors (Lipinski definition) is 4. The summed E-state index contributed by atoms with van der Waals surface area (Å²) in [5.74, 6) is -1.30. The van der Waals surface area contributed by atoms with Gasteiger partial charge in [-0.2, -0.15) is 0 Å². The van der Waals surface area contributed by atoms with Gasteiger partial charge in [0.15, 0.2) is 0 Å². The van der Waals surface area contributed by atoms with Crippen molar-refractivity contribution in [3.63, 3.8) is 0 Å². The predicted molar refractivity (Wildman–Crippen MR) is 239 cm³/mol. The maximum atomic E-state index is 11.9. The molecule has 5 nitrogen and oxygen atoms in total. The molecule has 1 N–H and O–H groups in total. The molecule has 0 aromatic rings. The van der Waals surface area contributed by atoms with Crippen molar-refractivity contribution in [1.29, 1.82) is 0 Å². The Morgan fingerprint density at radius 3 is 0.625 bits per heavy atom. The first-order valence-electron chi connectivity index (χ1n) is 24.9. The first-order valence-corrected chi connectivity index (χ1v) is 24.9. The SMILES string of the molecule is CCCCCCCCCCCCCC(=O)O.CCCCCCCCCCCCCCCCCC(=O)OC(=O)CCCCCCCCCCCCCCCCC.[Zn]. The number of carbonyl (C=O) groups is 3. The summed E-state index contributed by atoms with van der Waals surface area (Å²) in [6.45, 7) is 6.80. The number of carbonyl (C=O) groups excluding carboxylic acids is 2. The molecule has 56 heavy (non-hydrogen) atoms. The van der Waals surface area contributed by atoms with Gasteiger partial charge in [-0.05, 0) is 19.3 Å². The molecule has 0 saturated heterocycles. The molecule has 0 unspecified atom stereocenters. The topological polar surface area (TPSA) is 80.7 Å². The predicted octanol–water partition coefficient (Wildman–Crippen LogP) is 17.3. The number of aliphatic carboxylic acids is 1. The van der Waals surface area contributed by atoms with Gasteiger partial charge in [0.05, 0.1) is 0 Å². The Morgan fingerprint density at radius 2 is 0.446 bits per heavy atom. The fraction of sp³-hybridized carbons (Fsp3) is 0.940. The van der Waals surface area contributed by atoms with E-state index in [1.807, 2.05) is 0 Å². The molecule has 0 saturated carbocycles. The first kappa shape index (κ1) is 59.5. The van der Waals surface area contributed by atoms with E-state index < -0.39 is 5.97 Å². The van der Waals surface area contributed by atoms with Gasteiger partial charge in [-0.15, -0.1) is 0 Å². The average molecular weight is 845 g/mol. The van der Waals surface area contributed by atoms with Gasteiger partial charge in [0, 0.05) is 38.7 Å². The minimum absolute atomic E-state index is 0.